The second-order valence-corrected chi connectivity index (χ2v) is 6.28. The number of ether oxygens (including phenoxy) is 2. The number of nitro groups is 1. The Bertz CT molecular complexity index is 1230. The van der Waals surface area contributed by atoms with Gasteiger partial charge in [0.15, 0.2) is 11.5 Å². The van der Waals surface area contributed by atoms with Crippen LogP contribution in [0.25, 0.3) is 0 Å². The van der Waals surface area contributed by atoms with E-state index in [9.17, 15) is 19.7 Å². The van der Waals surface area contributed by atoms with Crippen LogP contribution in [-0.4, -0.2) is 34.4 Å². The minimum atomic E-state index is -0.776. The molecule has 3 aromatic rings. The number of halogens is 1. The Labute approximate surface area is 179 Å². The van der Waals surface area contributed by atoms with Gasteiger partial charge in [0, 0.05) is 12.1 Å². The van der Waals surface area contributed by atoms with Crippen molar-refractivity contribution in [1.82, 2.24) is 10.2 Å². The van der Waals surface area contributed by atoms with E-state index in [1.807, 2.05) is 0 Å². The molecule has 0 saturated heterocycles. The topological polar surface area (TPSA) is 149 Å². The highest BCUT2D eigenvalue weighted by atomic mass is 35.5. The fraction of sp³-hybridized carbons (Fsp3) is 0.0526. The van der Waals surface area contributed by atoms with Crippen molar-refractivity contribution < 1.29 is 19.2 Å². The lowest BCUT2D eigenvalue weighted by Crippen LogP contribution is -2.10. The molecule has 2 N–H and O–H groups in total. The summed E-state index contributed by atoms with van der Waals surface area (Å²) in [5.41, 5.74) is 2.63. The predicted octanol–water partition coefficient (Wildman–Crippen LogP) is 3.01. The molecule has 0 spiro atoms. The smallest absolute Gasteiger partial charge is 0.343 e. The van der Waals surface area contributed by atoms with Gasteiger partial charge in [0.05, 0.1) is 30.0 Å². The zero-order chi connectivity index (χ0) is 22.4. The van der Waals surface area contributed by atoms with Gasteiger partial charge in [-0.1, -0.05) is 17.7 Å². The molecule has 0 aliphatic rings. The molecule has 0 atom stereocenters. The summed E-state index contributed by atoms with van der Waals surface area (Å²) in [6.07, 6.45) is 2.73. The summed E-state index contributed by atoms with van der Waals surface area (Å²) in [7, 11) is 1.39. The lowest BCUT2D eigenvalue weighted by atomic mass is 10.2. The second kappa shape index (κ2) is 9.50. The summed E-state index contributed by atoms with van der Waals surface area (Å²) in [6, 6.07) is 9.83. The lowest BCUT2D eigenvalue weighted by Gasteiger charge is -2.10. The largest absolute Gasteiger partial charge is 0.493 e. The predicted molar refractivity (Wildman–Crippen MR) is 112 cm³/mol. The van der Waals surface area contributed by atoms with Gasteiger partial charge >= 0.3 is 5.97 Å². The van der Waals surface area contributed by atoms with Crippen LogP contribution in [0.2, 0.25) is 5.02 Å². The van der Waals surface area contributed by atoms with Crippen LogP contribution in [-0.2, 0) is 0 Å². The summed E-state index contributed by atoms with van der Waals surface area (Å²) < 4.78 is 10.5. The fourth-order valence-electron chi connectivity index (χ4n) is 2.39. The van der Waals surface area contributed by atoms with E-state index in [1.54, 1.807) is 12.1 Å². The number of carbonyl (C=O) groups excluding carboxylic acids is 1. The highest BCUT2D eigenvalue weighted by Crippen LogP contribution is 2.29. The summed E-state index contributed by atoms with van der Waals surface area (Å²) in [5, 5.41) is 20.6. The van der Waals surface area contributed by atoms with Crippen LogP contribution in [0.3, 0.4) is 0 Å². The molecule has 2 aromatic carbocycles. The number of benzene rings is 2. The Kier molecular flexibility index (Phi) is 6.58. The average molecular weight is 444 g/mol. The van der Waals surface area contributed by atoms with Crippen LogP contribution in [0.5, 0.6) is 11.5 Å². The molecule has 0 fully saturated rings. The number of esters is 1. The maximum atomic E-state index is 12.3. The molecule has 0 saturated carbocycles. The highest BCUT2D eigenvalue weighted by Gasteiger charge is 2.16. The van der Waals surface area contributed by atoms with Crippen molar-refractivity contribution in [2.24, 2.45) is 5.10 Å². The minimum Gasteiger partial charge on any atom is -0.493 e. The SMILES string of the molecule is COc1cc(/C=N/Nc2cn[nH]c(=O)c2Cl)ccc1OC(=O)c1cccc([N+](=O)[O-])c1. The lowest BCUT2D eigenvalue weighted by molar-refractivity contribution is -0.384. The highest BCUT2D eigenvalue weighted by molar-refractivity contribution is 6.32. The molecular formula is C19H14ClN5O6. The van der Waals surface area contributed by atoms with E-state index in [0.29, 0.717) is 5.56 Å². The van der Waals surface area contributed by atoms with Crippen LogP contribution in [0.4, 0.5) is 11.4 Å². The Morgan fingerprint density at radius 1 is 1.29 bits per heavy atom. The third-order valence-electron chi connectivity index (χ3n) is 3.88. The number of nitrogens with zero attached hydrogens (tertiary/aromatic N) is 3. The minimum absolute atomic E-state index is 0.0226. The van der Waals surface area contributed by atoms with Gasteiger partial charge in [-0.05, 0) is 29.8 Å². The average Bonchev–Trinajstić information content (AvgIpc) is 2.77. The van der Waals surface area contributed by atoms with E-state index < -0.39 is 16.5 Å². The summed E-state index contributed by atoms with van der Waals surface area (Å²) in [6.45, 7) is 0. The Hall–Kier alpha value is -4.25. The maximum Gasteiger partial charge on any atom is 0.343 e. The molecule has 0 aliphatic carbocycles. The summed E-state index contributed by atoms with van der Waals surface area (Å²) >= 11 is 5.84. The van der Waals surface area contributed by atoms with Gasteiger partial charge in [-0.25, -0.2) is 9.89 Å². The molecule has 0 bridgehead atoms. The number of rotatable bonds is 7. The van der Waals surface area contributed by atoms with Crippen molar-refractivity contribution in [3.8, 4) is 11.5 Å². The fourth-order valence-corrected chi connectivity index (χ4v) is 2.53. The van der Waals surface area contributed by atoms with Crippen LogP contribution in [0.15, 0.2) is 58.6 Å². The normalized spacial score (nSPS) is 10.6. The van der Waals surface area contributed by atoms with Gasteiger partial charge < -0.3 is 9.47 Å². The van der Waals surface area contributed by atoms with Crippen LogP contribution in [0, 0.1) is 10.1 Å². The van der Waals surface area contributed by atoms with Gasteiger partial charge in [0.2, 0.25) is 0 Å². The van der Waals surface area contributed by atoms with Gasteiger partial charge in [-0.3, -0.25) is 20.3 Å². The molecule has 158 valence electrons. The molecule has 12 heteroatoms. The molecular weight excluding hydrogens is 430 g/mol. The quantitative estimate of drug-likeness (QED) is 0.186. The molecule has 11 nitrogen and oxygen atoms in total. The summed E-state index contributed by atoms with van der Waals surface area (Å²) in [5.74, 6) is -0.425. The van der Waals surface area contributed by atoms with E-state index in [4.69, 9.17) is 21.1 Å². The van der Waals surface area contributed by atoms with Crippen molar-refractivity contribution in [3.05, 3.63) is 85.3 Å². The number of carbonyl (C=O) groups is 1. The van der Waals surface area contributed by atoms with Crippen molar-refractivity contribution in [1.29, 1.82) is 0 Å². The molecule has 31 heavy (non-hydrogen) atoms. The van der Waals surface area contributed by atoms with Crippen molar-refractivity contribution in [2.45, 2.75) is 0 Å². The Balaban J connectivity index is 1.74. The molecule has 1 heterocycles. The number of nitro benzene ring substituents is 1. The van der Waals surface area contributed by atoms with E-state index in [1.165, 1.54) is 43.8 Å². The molecule has 3 rings (SSSR count). The first-order valence-corrected chi connectivity index (χ1v) is 8.93. The number of H-pyrrole nitrogens is 1. The Morgan fingerprint density at radius 3 is 2.84 bits per heavy atom. The van der Waals surface area contributed by atoms with Crippen LogP contribution in [0.1, 0.15) is 15.9 Å². The van der Waals surface area contributed by atoms with Gasteiger partial charge in [0.1, 0.15) is 10.7 Å². The molecule has 0 amide bonds. The van der Waals surface area contributed by atoms with Gasteiger partial charge in [0.25, 0.3) is 11.2 Å². The number of non-ortho nitro benzene ring substituents is 1. The van der Waals surface area contributed by atoms with Crippen molar-refractivity contribution in [3.63, 3.8) is 0 Å². The van der Waals surface area contributed by atoms with Gasteiger partial charge in [-0.2, -0.15) is 10.2 Å². The number of hydrogen-bond acceptors (Lipinski definition) is 9. The van der Waals surface area contributed by atoms with E-state index >= 15 is 0 Å². The van der Waals surface area contributed by atoms with Crippen LogP contribution >= 0.6 is 11.6 Å². The number of hydrazone groups is 1. The Morgan fingerprint density at radius 2 is 2.10 bits per heavy atom. The third-order valence-corrected chi connectivity index (χ3v) is 4.25. The van der Waals surface area contributed by atoms with Crippen LogP contribution < -0.4 is 20.5 Å². The third kappa shape index (κ3) is 5.22. The molecule has 0 unspecified atom stereocenters. The first kappa shape index (κ1) is 21.5. The van der Waals surface area contributed by atoms with E-state index in [-0.39, 0.29) is 33.5 Å². The number of methoxy groups -OCH3 is 1. The summed E-state index contributed by atoms with van der Waals surface area (Å²) in [4.78, 5) is 34.0. The number of hydrogen-bond donors (Lipinski definition) is 2. The maximum absolute atomic E-state index is 12.3. The van der Waals surface area contributed by atoms with E-state index in [2.05, 4.69) is 20.7 Å². The number of nitrogens with one attached hydrogen (secondary N) is 2. The number of aromatic amines is 1. The number of anilines is 1. The monoisotopic (exact) mass is 443 g/mol. The van der Waals surface area contributed by atoms with Crippen molar-refractivity contribution in [2.75, 3.05) is 12.5 Å². The first-order valence-electron chi connectivity index (χ1n) is 8.56. The standard InChI is InChI=1S/C19H14ClN5O6/c1-30-16-7-11(9-21-23-14-10-22-24-18(26)17(14)20)5-6-15(16)31-19(27)12-3-2-4-13(8-12)25(28)29/h2-10H,1H3,(H2,23,24,26)/b21-9+. The zero-order valence-electron chi connectivity index (χ0n) is 15.9. The number of aromatic nitrogens is 2. The first-order chi connectivity index (χ1) is 14.9. The molecule has 1 aromatic heterocycles. The zero-order valence-corrected chi connectivity index (χ0v) is 16.6. The molecule has 0 radical (unpaired) electrons. The van der Waals surface area contributed by atoms with Gasteiger partial charge in [-0.15, -0.1) is 0 Å². The second-order valence-electron chi connectivity index (χ2n) is 5.90. The van der Waals surface area contributed by atoms with E-state index in [0.717, 1.165) is 6.07 Å². The van der Waals surface area contributed by atoms with Crippen molar-refractivity contribution >= 4 is 35.2 Å². The molecule has 0 aliphatic heterocycles.